The molecule has 0 atom stereocenters. The lowest BCUT2D eigenvalue weighted by Crippen LogP contribution is -2.12. The minimum absolute atomic E-state index is 0.138. The molecule has 0 amide bonds. The number of hydrogen-bond acceptors (Lipinski definition) is 2. The van der Waals surface area contributed by atoms with E-state index in [0.29, 0.717) is 0 Å². The monoisotopic (exact) mass is 230 g/mol. The Morgan fingerprint density at radius 3 is 2.82 bits per heavy atom. The molecule has 2 aromatic rings. The van der Waals surface area contributed by atoms with Gasteiger partial charge in [0.2, 0.25) is 0 Å². The fourth-order valence-corrected chi connectivity index (χ4v) is 2.50. The predicted octanol–water partition coefficient (Wildman–Crippen LogP) is 3.25. The van der Waals surface area contributed by atoms with Crippen LogP contribution in [-0.2, 0) is 10.2 Å². The number of rotatable bonds is 3. The summed E-state index contributed by atoms with van der Waals surface area (Å²) in [6, 6.07) is 8.05. The molecule has 0 saturated heterocycles. The molecular weight excluding hydrogens is 216 g/mol. The molecule has 1 aliphatic carbocycles. The van der Waals surface area contributed by atoms with Gasteiger partial charge in [-0.05, 0) is 37.5 Å². The van der Waals surface area contributed by atoms with Crippen molar-refractivity contribution in [2.45, 2.75) is 31.6 Å². The number of carbonyl (C=O) groups is 1. The highest BCUT2D eigenvalue weighted by Crippen LogP contribution is 2.51. The number of benzene rings is 1. The molecule has 0 bridgehead atoms. The standard InChI is InChI=1S/C14H14O3/c1-9-6-10-2-3-11(7-12(10)17-9)14(4-5-14)8-13(15)16/h2-3,6-7H,4-5,8H2,1H3,(H,15,16). The smallest absolute Gasteiger partial charge is 0.304 e. The summed E-state index contributed by atoms with van der Waals surface area (Å²) in [5, 5.41) is 10.0. The van der Waals surface area contributed by atoms with Crippen LogP contribution in [0, 0.1) is 6.92 Å². The lowest BCUT2D eigenvalue weighted by atomic mass is 9.92. The second-order valence-corrected chi connectivity index (χ2v) is 4.96. The van der Waals surface area contributed by atoms with Gasteiger partial charge in [-0.25, -0.2) is 0 Å². The molecule has 1 saturated carbocycles. The van der Waals surface area contributed by atoms with Crippen molar-refractivity contribution in [2.75, 3.05) is 0 Å². The summed E-state index contributed by atoms with van der Waals surface area (Å²) in [6.45, 7) is 1.92. The van der Waals surface area contributed by atoms with Gasteiger partial charge in [0.1, 0.15) is 11.3 Å². The third-order valence-electron chi connectivity index (χ3n) is 3.60. The number of hydrogen-bond donors (Lipinski definition) is 1. The number of carboxylic acid groups (broad SMARTS) is 1. The molecule has 0 spiro atoms. The van der Waals surface area contributed by atoms with E-state index in [4.69, 9.17) is 9.52 Å². The van der Waals surface area contributed by atoms with Crippen LogP contribution >= 0.6 is 0 Å². The first kappa shape index (κ1) is 10.4. The molecule has 1 aromatic heterocycles. The molecule has 1 aromatic carbocycles. The van der Waals surface area contributed by atoms with Gasteiger partial charge in [-0.15, -0.1) is 0 Å². The average Bonchev–Trinajstić information content (AvgIpc) is 2.91. The summed E-state index contributed by atoms with van der Waals surface area (Å²) >= 11 is 0. The summed E-state index contributed by atoms with van der Waals surface area (Å²) in [6.07, 6.45) is 2.15. The number of carboxylic acids is 1. The molecule has 3 nitrogen and oxygen atoms in total. The van der Waals surface area contributed by atoms with Crippen molar-refractivity contribution >= 4 is 16.9 Å². The minimum Gasteiger partial charge on any atom is -0.481 e. The van der Waals surface area contributed by atoms with Crippen LogP contribution in [0.5, 0.6) is 0 Å². The van der Waals surface area contributed by atoms with Crippen LogP contribution in [0.2, 0.25) is 0 Å². The molecular formula is C14H14O3. The fourth-order valence-electron chi connectivity index (χ4n) is 2.50. The maximum atomic E-state index is 10.9. The van der Waals surface area contributed by atoms with E-state index < -0.39 is 5.97 Å². The molecule has 1 heterocycles. The highest BCUT2D eigenvalue weighted by molar-refractivity contribution is 5.79. The lowest BCUT2D eigenvalue weighted by molar-refractivity contribution is -0.137. The van der Waals surface area contributed by atoms with Crippen molar-refractivity contribution in [3.63, 3.8) is 0 Å². The molecule has 1 N–H and O–H groups in total. The molecule has 1 fully saturated rings. The molecule has 3 rings (SSSR count). The maximum absolute atomic E-state index is 10.9. The average molecular weight is 230 g/mol. The third kappa shape index (κ3) is 1.71. The van der Waals surface area contributed by atoms with Crippen molar-refractivity contribution in [2.24, 2.45) is 0 Å². The van der Waals surface area contributed by atoms with Gasteiger partial charge in [-0.1, -0.05) is 12.1 Å². The van der Waals surface area contributed by atoms with E-state index in [9.17, 15) is 4.79 Å². The normalized spacial score (nSPS) is 17.2. The zero-order valence-corrected chi connectivity index (χ0v) is 9.69. The van der Waals surface area contributed by atoms with Gasteiger partial charge in [0.25, 0.3) is 0 Å². The van der Waals surface area contributed by atoms with Crippen LogP contribution in [0.15, 0.2) is 28.7 Å². The topological polar surface area (TPSA) is 50.4 Å². The van der Waals surface area contributed by atoms with E-state index in [1.807, 2.05) is 31.2 Å². The number of fused-ring (bicyclic) bond motifs is 1. The second-order valence-electron chi connectivity index (χ2n) is 4.96. The number of furan rings is 1. The van der Waals surface area contributed by atoms with Crippen molar-refractivity contribution in [3.8, 4) is 0 Å². The van der Waals surface area contributed by atoms with Crippen LogP contribution in [0.1, 0.15) is 30.6 Å². The van der Waals surface area contributed by atoms with Crippen LogP contribution in [0.4, 0.5) is 0 Å². The van der Waals surface area contributed by atoms with E-state index >= 15 is 0 Å². The summed E-state index contributed by atoms with van der Waals surface area (Å²) < 4.78 is 5.59. The Morgan fingerprint density at radius 1 is 1.41 bits per heavy atom. The van der Waals surface area contributed by atoms with E-state index in [-0.39, 0.29) is 11.8 Å². The van der Waals surface area contributed by atoms with E-state index in [1.54, 1.807) is 0 Å². The first-order chi connectivity index (χ1) is 8.09. The largest absolute Gasteiger partial charge is 0.481 e. The zero-order valence-electron chi connectivity index (χ0n) is 9.69. The molecule has 0 unspecified atom stereocenters. The van der Waals surface area contributed by atoms with E-state index in [0.717, 1.165) is 35.1 Å². The fraction of sp³-hybridized carbons (Fsp3) is 0.357. The molecule has 17 heavy (non-hydrogen) atoms. The van der Waals surface area contributed by atoms with Gasteiger partial charge < -0.3 is 9.52 Å². The van der Waals surface area contributed by atoms with Crippen molar-refractivity contribution in [1.29, 1.82) is 0 Å². The molecule has 3 heteroatoms. The van der Waals surface area contributed by atoms with Crippen LogP contribution in [0.25, 0.3) is 11.0 Å². The van der Waals surface area contributed by atoms with Crippen LogP contribution < -0.4 is 0 Å². The Balaban J connectivity index is 2.03. The predicted molar refractivity (Wildman–Crippen MR) is 64.1 cm³/mol. The van der Waals surface area contributed by atoms with E-state index in [2.05, 4.69) is 0 Å². The summed E-state index contributed by atoms with van der Waals surface area (Å²) in [4.78, 5) is 10.9. The Bertz CT molecular complexity index is 591. The quantitative estimate of drug-likeness (QED) is 0.880. The van der Waals surface area contributed by atoms with Crippen LogP contribution in [0.3, 0.4) is 0 Å². The SMILES string of the molecule is Cc1cc2ccc(C3(CC(=O)O)CC3)cc2o1. The Labute approximate surface area is 99.0 Å². The van der Waals surface area contributed by atoms with Crippen LogP contribution in [-0.4, -0.2) is 11.1 Å². The summed E-state index contributed by atoms with van der Waals surface area (Å²) in [5.74, 6) is 0.165. The van der Waals surface area contributed by atoms with Gasteiger partial charge >= 0.3 is 5.97 Å². The maximum Gasteiger partial charge on any atom is 0.304 e. The van der Waals surface area contributed by atoms with E-state index in [1.165, 1.54) is 0 Å². The minimum atomic E-state index is -0.724. The first-order valence-electron chi connectivity index (χ1n) is 5.82. The Morgan fingerprint density at radius 2 is 2.18 bits per heavy atom. The summed E-state index contributed by atoms with van der Waals surface area (Å²) in [5.41, 5.74) is 1.82. The number of aryl methyl sites for hydroxylation is 1. The third-order valence-corrected chi connectivity index (χ3v) is 3.60. The van der Waals surface area contributed by atoms with Gasteiger partial charge in [-0.3, -0.25) is 4.79 Å². The number of aliphatic carboxylic acids is 1. The molecule has 0 aliphatic heterocycles. The van der Waals surface area contributed by atoms with Crippen molar-refractivity contribution in [1.82, 2.24) is 0 Å². The van der Waals surface area contributed by atoms with Gasteiger partial charge in [0, 0.05) is 10.8 Å². The lowest BCUT2D eigenvalue weighted by Gasteiger charge is -2.12. The first-order valence-corrected chi connectivity index (χ1v) is 5.82. The highest BCUT2D eigenvalue weighted by atomic mass is 16.4. The Kier molecular flexibility index (Phi) is 2.05. The van der Waals surface area contributed by atoms with Crippen molar-refractivity contribution < 1.29 is 14.3 Å². The second kappa shape index (κ2) is 3.36. The molecule has 1 aliphatic rings. The zero-order chi connectivity index (χ0) is 12.0. The molecule has 88 valence electrons. The van der Waals surface area contributed by atoms with Gasteiger partial charge in [0.05, 0.1) is 6.42 Å². The van der Waals surface area contributed by atoms with Crippen molar-refractivity contribution in [3.05, 3.63) is 35.6 Å². The van der Waals surface area contributed by atoms with Gasteiger partial charge in [0.15, 0.2) is 0 Å². The highest BCUT2D eigenvalue weighted by Gasteiger charge is 2.46. The summed E-state index contributed by atoms with van der Waals surface area (Å²) in [7, 11) is 0. The van der Waals surface area contributed by atoms with Gasteiger partial charge in [-0.2, -0.15) is 0 Å². The molecule has 0 radical (unpaired) electrons. The Hall–Kier alpha value is -1.77.